The average molecular weight is 555 g/mol. The number of ether oxygens (including phenoxy) is 2. The molecule has 1 aromatic heterocycles. The second-order valence-corrected chi connectivity index (χ2v) is 11.5. The van der Waals surface area contributed by atoms with Crippen LogP contribution in [0.3, 0.4) is 0 Å². The number of fused-ring (bicyclic) bond motifs is 1. The zero-order valence-corrected chi connectivity index (χ0v) is 23.0. The number of carbonyl (C=O) groups is 1. The molecule has 11 heteroatoms. The minimum atomic E-state index is -4.06. The van der Waals surface area contributed by atoms with Gasteiger partial charge in [0.2, 0.25) is 10.0 Å². The lowest BCUT2D eigenvalue weighted by Crippen LogP contribution is -2.52. The van der Waals surface area contributed by atoms with Gasteiger partial charge in [0.05, 0.1) is 36.0 Å². The van der Waals surface area contributed by atoms with Gasteiger partial charge in [-0.1, -0.05) is 44.2 Å². The van der Waals surface area contributed by atoms with Crippen LogP contribution in [0.4, 0.5) is 0 Å². The number of benzene rings is 2. The number of sulfonamides is 1. The molecule has 0 saturated carbocycles. The summed E-state index contributed by atoms with van der Waals surface area (Å²) in [6.45, 7) is 6.01. The van der Waals surface area contributed by atoms with Crippen LogP contribution in [-0.2, 0) is 44.0 Å². The molecule has 0 bridgehead atoms. The maximum atomic E-state index is 13.7. The Morgan fingerprint density at radius 3 is 2.46 bits per heavy atom. The van der Waals surface area contributed by atoms with Crippen molar-refractivity contribution in [1.82, 2.24) is 19.8 Å². The maximum Gasteiger partial charge on any atom is 0.262 e. The molecule has 0 aliphatic carbocycles. The summed E-state index contributed by atoms with van der Waals surface area (Å²) in [6.07, 6.45) is 3.83. The van der Waals surface area contributed by atoms with E-state index in [0.29, 0.717) is 42.9 Å². The summed E-state index contributed by atoms with van der Waals surface area (Å²) in [5, 5.41) is 0. The summed E-state index contributed by atoms with van der Waals surface area (Å²) >= 11 is 0. The van der Waals surface area contributed by atoms with Crippen LogP contribution in [0.5, 0.6) is 5.75 Å². The van der Waals surface area contributed by atoms with Crippen molar-refractivity contribution in [3.05, 3.63) is 83.9 Å². The van der Waals surface area contributed by atoms with Gasteiger partial charge in [-0.3, -0.25) is 19.6 Å². The number of aromatic nitrogens is 2. The van der Waals surface area contributed by atoms with Gasteiger partial charge in [0.15, 0.2) is 0 Å². The van der Waals surface area contributed by atoms with Gasteiger partial charge < -0.3 is 9.47 Å². The first-order chi connectivity index (χ1) is 18.8. The van der Waals surface area contributed by atoms with Crippen molar-refractivity contribution in [2.75, 3.05) is 19.8 Å². The second-order valence-electron chi connectivity index (χ2n) is 9.60. The van der Waals surface area contributed by atoms with Crippen LogP contribution in [-0.4, -0.2) is 54.5 Å². The number of nitrogens with zero attached hydrogens (tertiary/aromatic N) is 3. The van der Waals surface area contributed by atoms with E-state index in [4.69, 9.17) is 14.3 Å². The number of carbonyl (C=O) groups excluding carboxylic acids is 1. The van der Waals surface area contributed by atoms with E-state index in [2.05, 4.69) is 29.3 Å². The van der Waals surface area contributed by atoms with Crippen LogP contribution >= 0.6 is 0 Å². The molecule has 0 spiro atoms. The van der Waals surface area contributed by atoms with Gasteiger partial charge in [-0.2, -0.15) is 4.31 Å². The van der Waals surface area contributed by atoms with E-state index in [-0.39, 0.29) is 24.5 Å². The predicted molar refractivity (Wildman–Crippen MR) is 144 cm³/mol. The number of amides is 1. The van der Waals surface area contributed by atoms with Crippen LogP contribution in [0.25, 0.3) is 0 Å². The second kappa shape index (κ2) is 13.6. The van der Waals surface area contributed by atoms with Crippen molar-refractivity contribution < 1.29 is 27.5 Å². The summed E-state index contributed by atoms with van der Waals surface area (Å²) in [6, 6.07) is 14.5. The molecule has 4 rings (SSSR count). The lowest BCUT2D eigenvalue weighted by molar-refractivity contribution is -0.139. The number of hydrogen-bond acceptors (Lipinski definition) is 8. The van der Waals surface area contributed by atoms with Crippen molar-refractivity contribution in [3.63, 3.8) is 0 Å². The first kappa shape index (κ1) is 28.6. The smallest absolute Gasteiger partial charge is 0.262 e. The third-order valence-corrected chi connectivity index (χ3v) is 7.91. The van der Waals surface area contributed by atoms with E-state index in [1.54, 1.807) is 12.1 Å². The quantitative estimate of drug-likeness (QED) is 0.253. The van der Waals surface area contributed by atoms with Crippen LogP contribution in [0.15, 0.2) is 71.9 Å². The number of nitrogens with one attached hydrogen (secondary N) is 1. The summed E-state index contributed by atoms with van der Waals surface area (Å²) in [5.41, 5.74) is 4.37. The van der Waals surface area contributed by atoms with Crippen molar-refractivity contribution in [2.45, 2.75) is 50.8 Å². The normalized spacial score (nSPS) is 15.6. The Morgan fingerprint density at radius 1 is 1.03 bits per heavy atom. The molecule has 0 saturated heterocycles. The molecule has 2 aromatic carbocycles. The van der Waals surface area contributed by atoms with Gasteiger partial charge in [-0.25, -0.2) is 13.9 Å². The molecule has 1 atom stereocenters. The summed E-state index contributed by atoms with van der Waals surface area (Å²) in [4.78, 5) is 27.2. The van der Waals surface area contributed by atoms with Gasteiger partial charge in [-0.05, 0) is 35.7 Å². The minimum absolute atomic E-state index is 0.0467. The minimum Gasteiger partial charge on any atom is -0.494 e. The number of hydroxylamine groups is 1. The highest BCUT2D eigenvalue weighted by atomic mass is 32.2. The summed E-state index contributed by atoms with van der Waals surface area (Å²) in [7, 11) is -4.06. The fourth-order valence-electron chi connectivity index (χ4n) is 4.06. The van der Waals surface area contributed by atoms with Crippen molar-refractivity contribution >= 4 is 15.9 Å². The molecular weight excluding hydrogens is 520 g/mol. The monoisotopic (exact) mass is 554 g/mol. The first-order valence-electron chi connectivity index (χ1n) is 12.9. The fourth-order valence-corrected chi connectivity index (χ4v) is 5.61. The van der Waals surface area contributed by atoms with E-state index >= 15 is 0 Å². The summed E-state index contributed by atoms with van der Waals surface area (Å²) in [5.74, 6) is 0.454. The number of hydrogen-bond donors (Lipinski definition) is 1. The topological polar surface area (TPSA) is 120 Å². The Labute approximate surface area is 229 Å². The van der Waals surface area contributed by atoms with Gasteiger partial charge in [0.25, 0.3) is 5.91 Å². The van der Waals surface area contributed by atoms with E-state index in [1.807, 2.05) is 30.3 Å². The molecule has 1 unspecified atom stereocenters. The Balaban J connectivity index is 1.43. The molecule has 1 aliphatic rings. The van der Waals surface area contributed by atoms with E-state index in [1.165, 1.54) is 24.5 Å². The van der Waals surface area contributed by atoms with Crippen molar-refractivity contribution in [2.24, 2.45) is 5.92 Å². The van der Waals surface area contributed by atoms with Gasteiger partial charge in [0, 0.05) is 38.4 Å². The lowest BCUT2D eigenvalue weighted by atomic mass is 10.0. The molecule has 1 aliphatic heterocycles. The molecule has 39 heavy (non-hydrogen) atoms. The highest BCUT2D eigenvalue weighted by molar-refractivity contribution is 7.89. The van der Waals surface area contributed by atoms with Crippen LogP contribution < -0.4 is 10.2 Å². The SMILES string of the molecule is CC(C)COCCCOc1ccc(S(=O)(=O)N2Cc3nccnc3CC2C(=O)NOCc2ccccc2)cc1. The standard InChI is InChI=1S/C28H34N4O6S/c1-21(2)19-36-15-6-16-37-23-9-11-24(12-10-23)39(34,35)32-18-26-25(29-13-14-30-26)17-27(32)28(33)31-38-20-22-7-4-3-5-8-22/h3-5,7-14,21,27H,6,15-20H2,1-2H3,(H,31,33). The van der Waals surface area contributed by atoms with Crippen LogP contribution in [0, 0.1) is 5.92 Å². The molecule has 3 aromatic rings. The molecule has 1 amide bonds. The Bertz CT molecular complexity index is 1320. The van der Waals surface area contributed by atoms with Gasteiger partial charge >= 0.3 is 0 Å². The van der Waals surface area contributed by atoms with Crippen molar-refractivity contribution in [3.8, 4) is 5.75 Å². The third kappa shape index (κ3) is 7.82. The molecule has 10 nitrogen and oxygen atoms in total. The van der Waals surface area contributed by atoms with E-state index in [0.717, 1.165) is 16.3 Å². The molecule has 208 valence electrons. The van der Waals surface area contributed by atoms with Crippen LogP contribution in [0.1, 0.15) is 37.2 Å². The van der Waals surface area contributed by atoms with Crippen LogP contribution in [0.2, 0.25) is 0 Å². The van der Waals surface area contributed by atoms with Gasteiger partial charge in [-0.15, -0.1) is 0 Å². The zero-order chi connectivity index (χ0) is 27.7. The van der Waals surface area contributed by atoms with E-state index < -0.39 is 22.0 Å². The van der Waals surface area contributed by atoms with Crippen molar-refractivity contribution in [1.29, 1.82) is 0 Å². The first-order valence-corrected chi connectivity index (χ1v) is 14.4. The fraction of sp³-hybridized carbons (Fsp3) is 0.393. The molecule has 1 N–H and O–H groups in total. The molecule has 0 fully saturated rings. The summed E-state index contributed by atoms with van der Waals surface area (Å²) < 4.78 is 39.8. The molecule has 2 heterocycles. The van der Waals surface area contributed by atoms with E-state index in [9.17, 15) is 13.2 Å². The Morgan fingerprint density at radius 2 is 1.74 bits per heavy atom. The predicted octanol–water partition coefficient (Wildman–Crippen LogP) is 3.28. The maximum absolute atomic E-state index is 13.7. The average Bonchev–Trinajstić information content (AvgIpc) is 2.94. The highest BCUT2D eigenvalue weighted by Gasteiger charge is 2.41. The molecular formula is C28H34N4O6S. The van der Waals surface area contributed by atoms with Gasteiger partial charge in [0.1, 0.15) is 11.8 Å². The highest BCUT2D eigenvalue weighted by Crippen LogP contribution is 2.28. The Kier molecular flexibility index (Phi) is 9.99. The lowest BCUT2D eigenvalue weighted by Gasteiger charge is -2.33. The largest absolute Gasteiger partial charge is 0.494 e. The Hall–Kier alpha value is -3.38. The molecule has 0 radical (unpaired) electrons. The zero-order valence-electron chi connectivity index (χ0n) is 22.2. The number of rotatable bonds is 13. The third-order valence-electron chi connectivity index (χ3n) is 6.04.